The van der Waals surface area contributed by atoms with Gasteiger partial charge in [-0.1, -0.05) is 63.8 Å². The van der Waals surface area contributed by atoms with Crippen LogP contribution >= 0.6 is 0 Å². The van der Waals surface area contributed by atoms with Crippen LogP contribution in [0.1, 0.15) is 120 Å². The first kappa shape index (κ1) is 29.0. The van der Waals surface area contributed by atoms with Gasteiger partial charge in [0, 0.05) is 12.8 Å². The van der Waals surface area contributed by atoms with E-state index in [1.54, 1.807) is 13.8 Å². The Morgan fingerprint density at radius 1 is 0.607 bits per heavy atom. The zero-order valence-electron chi connectivity index (χ0n) is 20.2. The lowest BCUT2D eigenvalue weighted by molar-refractivity contribution is -0.117. The predicted molar refractivity (Wildman–Crippen MR) is 125 cm³/mol. The average molecular weight is 393 g/mol. The molecule has 0 aromatic heterocycles. The van der Waals surface area contributed by atoms with Gasteiger partial charge in [0.05, 0.1) is 0 Å². The van der Waals surface area contributed by atoms with Gasteiger partial charge in [0.2, 0.25) is 0 Å². The molecule has 0 amide bonds. The van der Waals surface area contributed by atoms with E-state index in [1.807, 2.05) is 0 Å². The molecule has 0 saturated heterocycles. The van der Waals surface area contributed by atoms with Crippen molar-refractivity contribution < 1.29 is 9.59 Å². The Bertz CT molecular complexity index is 423. The molecule has 2 heteroatoms. The van der Waals surface area contributed by atoms with Crippen LogP contribution < -0.4 is 0 Å². The van der Waals surface area contributed by atoms with Crippen molar-refractivity contribution in [1.29, 1.82) is 0 Å². The lowest BCUT2D eigenvalue weighted by Gasteiger charge is -2.04. The highest BCUT2D eigenvalue weighted by molar-refractivity contribution is 5.75. The zero-order chi connectivity index (χ0) is 21.9. The molecule has 28 heavy (non-hydrogen) atoms. The third-order valence-corrected chi connectivity index (χ3v) is 4.68. The largest absolute Gasteiger partial charge is 0.300 e. The van der Waals surface area contributed by atoms with E-state index in [9.17, 15) is 9.59 Å². The number of carbonyl (C=O) groups excluding carboxylic acids is 2. The Morgan fingerprint density at radius 3 is 1.18 bits per heavy atom. The Hall–Kier alpha value is -1.18. The summed E-state index contributed by atoms with van der Waals surface area (Å²) in [4.78, 5) is 21.4. The minimum atomic E-state index is 0.288. The van der Waals surface area contributed by atoms with Crippen molar-refractivity contribution in [3.63, 3.8) is 0 Å². The molecular formula is C26H48O2. The standard InChI is InChI=1S/2C13H24O/c2*1-11(2)7-5-8-12(3)9-6-10-13(4)14/h2*9,11H,5-8,10H2,1-4H3/b12-9+;12-9-. The maximum Gasteiger partial charge on any atom is 0.130 e. The van der Waals surface area contributed by atoms with Gasteiger partial charge in [0.15, 0.2) is 0 Å². The molecule has 0 unspecified atom stereocenters. The van der Waals surface area contributed by atoms with Gasteiger partial charge in [0.1, 0.15) is 11.6 Å². The number of ketones is 2. The van der Waals surface area contributed by atoms with Gasteiger partial charge in [0.25, 0.3) is 0 Å². The molecule has 0 saturated carbocycles. The summed E-state index contributed by atoms with van der Waals surface area (Å²) in [5, 5.41) is 0. The number of Topliss-reactive ketones (excluding diaryl/α,β-unsaturated/α-hetero) is 2. The summed E-state index contributed by atoms with van der Waals surface area (Å²) in [7, 11) is 0. The van der Waals surface area contributed by atoms with Crippen molar-refractivity contribution in [2.75, 3.05) is 0 Å². The first-order chi connectivity index (χ1) is 13.0. The molecule has 0 fully saturated rings. The van der Waals surface area contributed by atoms with Gasteiger partial charge >= 0.3 is 0 Å². The van der Waals surface area contributed by atoms with Crippen LogP contribution in [-0.4, -0.2) is 11.6 Å². The van der Waals surface area contributed by atoms with Crippen LogP contribution in [0.5, 0.6) is 0 Å². The van der Waals surface area contributed by atoms with E-state index in [1.165, 1.54) is 49.7 Å². The van der Waals surface area contributed by atoms with Crippen molar-refractivity contribution in [2.45, 2.75) is 120 Å². The third kappa shape index (κ3) is 27.0. The lowest BCUT2D eigenvalue weighted by atomic mass is 10.0. The molecule has 0 aliphatic rings. The fourth-order valence-corrected chi connectivity index (χ4v) is 2.83. The summed E-state index contributed by atoms with van der Waals surface area (Å²) in [5.41, 5.74) is 2.87. The highest BCUT2D eigenvalue weighted by Gasteiger charge is 1.97. The zero-order valence-corrected chi connectivity index (χ0v) is 20.2. The van der Waals surface area contributed by atoms with Crippen LogP contribution in [0.3, 0.4) is 0 Å². The van der Waals surface area contributed by atoms with Gasteiger partial charge < -0.3 is 9.59 Å². The third-order valence-electron chi connectivity index (χ3n) is 4.68. The van der Waals surface area contributed by atoms with Gasteiger partial charge in [-0.25, -0.2) is 0 Å². The van der Waals surface area contributed by atoms with Crippen LogP contribution in [0.15, 0.2) is 23.3 Å². The maximum atomic E-state index is 10.7. The summed E-state index contributed by atoms with van der Waals surface area (Å²) in [6.45, 7) is 16.7. The molecule has 0 bridgehead atoms. The van der Waals surface area contributed by atoms with Gasteiger partial charge in [-0.2, -0.15) is 0 Å². The number of carbonyl (C=O) groups is 2. The van der Waals surface area contributed by atoms with Crippen LogP contribution in [0, 0.1) is 11.8 Å². The van der Waals surface area contributed by atoms with Gasteiger partial charge in [-0.05, 0) is 78.1 Å². The fraction of sp³-hybridized carbons (Fsp3) is 0.769. The Morgan fingerprint density at radius 2 is 0.929 bits per heavy atom. The first-order valence-corrected chi connectivity index (χ1v) is 11.3. The normalized spacial score (nSPS) is 12.2. The van der Waals surface area contributed by atoms with E-state index >= 15 is 0 Å². The summed E-state index contributed by atoms with van der Waals surface area (Å²) in [6.07, 6.45) is 15.2. The monoisotopic (exact) mass is 392 g/mol. The Labute approximate surface area is 176 Å². The molecule has 0 aromatic rings. The lowest BCUT2D eigenvalue weighted by Crippen LogP contribution is -1.89. The topological polar surface area (TPSA) is 34.1 Å². The van der Waals surface area contributed by atoms with Gasteiger partial charge in [-0.15, -0.1) is 0 Å². The van der Waals surface area contributed by atoms with Crippen molar-refractivity contribution in [3.8, 4) is 0 Å². The highest BCUT2D eigenvalue weighted by Crippen LogP contribution is 2.13. The van der Waals surface area contributed by atoms with Crippen LogP contribution in [-0.2, 0) is 9.59 Å². The predicted octanol–water partition coefficient (Wildman–Crippen LogP) is 8.26. The Balaban J connectivity index is 0. The summed E-state index contributed by atoms with van der Waals surface area (Å²) < 4.78 is 0. The molecule has 2 nitrogen and oxygen atoms in total. The van der Waals surface area contributed by atoms with Crippen molar-refractivity contribution in [2.24, 2.45) is 11.8 Å². The molecule has 0 spiro atoms. The molecule has 0 radical (unpaired) electrons. The molecule has 0 aliphatic heterocycles. The van der Waals surface area contributed by atoms with Crippen LogP contribution in [0.4, 0.5) is 0 Å². The van der Waals surface area contributed by atoms with Crippen LogP contribution in [0.25, 0.3) is 0 Å². The second kappa shape index (κ2) is 19.2. The first-order valence-electron chi connectivity index (χ1n) is 11.3. The molecule has 0 aliphatic carbocycles. The van der Waals surface area contributed by atoms with Crippen LogP contribution in [0.2, 0.25) is 0 Å². The van der Waals surface area contributed by atoms with Crippen molar-refractivity contribution in [3.05, 3.63) is 23.3 Å². The van der Waals surface area contributed by atoms with E-state index < -0.39 is 0 Å². The van der Waals surface area contributed by atoms with E-state index in [-0.39, 0.29) is 11.6 Å². The molecular weight excluding hydrogens is 344 g/mol. The average Bonchev–Trinajstić information content (AvgIpc) is 2.54. The number of hydrogen-bond donors (Lipinski definition) is 0. The van der Waals surface area contributed by atoms with Crippen molar-refractivity contribution >= 4 is 11.6 Å². The fourth-order valence-electron chi connectivity index (χ4n) is 2.83. The molecule has 164 valence electrons. The second-order valence-corrected chi connectivity index (χ2v) is 9.15. The minimum absolute atomic E-state index is 0.288. The van der Waals surface area contributed by atoms with Gasteiger partial charge in [-0.3, -0.25) is 0 Å². The number of allylic oxidation sites excluding steroid dienone is 4. The minimum Gasteiger partial charge on any atom is -0.300 e. The second-order valence-electron chi connectivity index (χ2n) is 9.15. The summed E-state index contributed by atoms with van der Waals surface area (Å²) in [5.74, 6) is 2.19. The number of hydrogen-bond acceptors (Lipinski definition) is 2. The van der Waals surface area contributed by atoms with E-state index in [4.69, 9.17) is 0 Å². The number of rotatable bonds is 14. The molecule has 0 rings (SSSR count). The maximum absolute atomic E-state index is 10.7. The summed E-state index contributed by atoms with van der Waals surface area (Å²) >= 11 is 0. The van der Waals surface area contributed by atoms with E-state index in [2.05, 4.69) is 53.7 Å². The molecule has 0 atom stereocenters. The quantitative estimate of drug-likeness (QED) is 0.279. The smallest absolute Gasteiger partial charge is 0.130 e. The molecule has 0 heterocycles. The Kier molecular flexibility index (Phi) is 19.9. The molecule has 0 N–H and O–H groups in total. The van der Waals surface area contributed by atoms with E-state index in [0.717, 1.165) is 24.7 Å². The molecule has 0 aromatic carbocycles. The van der Waals surface area contributed by atoms with E-state index in [0.29, 0.717) is 12.8 Å². The summed E-state index contributed by atoms with van der Waals surface area (Å²) in [6, 6.07) is 0. The SMILES string of the molecule is CC(=O)CC/C=C(/C)CCCC(C)C.CC(=O)CC/C=C(\C)CCCC(C)C. The van der Waals surface area contributed by atoms with Crippen molar-refractivity contribution in [1.82, 2.24) is 0 Å². The highest BCUT2D eigenvalue weighted by atomic mass is 16.1.